The van der Waals surface area contributed by atoms with Crippen LogP contribution in [0.2, 0.25) is 0 Å². The molecular weight excluding hydrogens is 370 g/mol. The number of carbonyl (C=O) groups excluding carboxylic acids is 1. The van der Waals surface area contributed by atoms with E-state index in [4.69, 9.17) is 9.47 Å². The third-order valence-electron chi connectivity index (χ3n) is 6.14. The van der Waals surface area contributed by atoms with Crippen molar-refractivity contribution < 1.29 is 14.3 Å². The fourth-order valence-electron chi connectivity index (χ4n) is 4.30. The minimum Gasteiger partial charge on any atom is -0.493 e. The van der Waals surface area contributed by atoms with Crippen LogP contribution in [-0.4, -0.2) is 79.8 Å². The molecule has 0 spiro atoms. The number of likely N-dealkylation sites (N-methyl/N-ethyl adjacent to an activating group) is 1. The SMILES string of the molecule is COc1cc2ncnc(N3CCC(CCN4CCN(C)C4=O)CC3)c2cc1OC. The molecule has 0 bridgehead atoms. The number of nitrogens with zero attached hydrogens (tertiary/aromatic N) is 5. The largest absolute Gasteiger partial charge is 0.493 e. The van der Waals surface area contributed by atoms with Crippen LogP contribution in [0.1, 0.15) is 19.3 Å². The molecule has 4 rings (SSSR count). The molecule has 2 aliphatic heterocycles. The summed E-state index contributed by atoms with van der Waals surface area (Å²) in [5.74, 6) is 2.95. The monoisotopic (exact) mass is 399 g/mol. The van der Waals surface area contributed by atoms with E-state index in [1.165, 1.54) is 0 Å². The van der Waals surface area contributed by atoms with E-state index in [-0.39, 0.29) is 6.03 Å². The number of anilines is 1. The zero-order chi connectivity index (χ0) is 20.4. The highest BCUT2D eigenvalue weighted by molar-refractivity contribution is 5.92. The first kappa shape index (κ1) is 19.5. The lowest BCUT2D eigenvalue weighted by Crippen LogP contribution is -2.36. The summed E-state index contributed by atoms with van der Waals surface area (Å²) in [5, 5.41) is 0.981. The number of amides is 2. The molecule has 0 unspecified atom stereocenters. The number of urea groups is 1. The van der Waals surface area contributed by atoms with Gasteiger partial charge in [-0.3, -0.25) is 0 Å². The Bertz CT molecular complexity index is 882. The molecule has 1 aromatic carbocycles. The maximum Gasteiger partial charge on any atom is 0.319 e. The highest BCUT2D eigenvalue weighted by Crippen LogP contribution is 2.36. The number of carbonyl (C=O) groups is 1. The van der Waals surface area contributed by atoms with E-state index in [0.29, 0.717) is 17.4 Å². The molecule has 2 aliphatic rings. The molecule has 3 heterocycles. The molecule has 0 saturated carbocycles. The molecule has 0 atom stereocenters. The molecular formula is C21H29N5O3. The van der Waals surface area contributed by atoms with E-state index >= 15 is 0 Å². The highest BCUT2D eigenvalue weighted by atomic mass is 16.5. The molecule has 2 aromatic rings. The van der Waals surface area contributed by atoms with Crippen molar-refractivity contribution >= 4 is 22.8 Å². The lowest BCUT2D eigenvalue weighted by Gasteiger charge is -2.34. The van der Waals surface area contributed by atoms with Gasteiger partial charge in [-0.25, -0.2) is 14.8 Å². The number of ether oxygens (including phenoxy) is 2. The predicted octanol–water partition coefficient (Wildman–Crippen LogP) is 2.62. The van der Waals surface area contributed by atoms with Crippen molar-refractivity contribution in [2.24, 2.45) is 5.92 Å². The van der Waals surface area contributed by atoms with Crippen LogP contribution in [0.4, 0.5) is 10.6 Å². The zero-order valence-electron chi connectivity index (χ0n) is 17.4. The van der Waals surface area contributed by atoms with Gasteiger partial charge >= 0.3 is 6.03 Å². The fraction of sp³-hybridized carbons (Fsp3) is 0.571. The Morgan fingerprint density at radius 2 is 1.76 bits per heavy atom. The van der Waals surface area contributed by atoms with Gasteiger partial charge in [-0.1, -0.05) is 0 Å². The molecule has 8 heteroatoms. The minimum absolute atomic E-state index is 0.166. The number of hydrogen-bond acceptors (Lipinski definition) is 6. The quantitative estimate of drug-likeness (QED) is 0.744. The smallest absolute Gasteiger partial charge is 0.319 e. The zero-order valence-corrected chi connectivity index (χ0v) is 17.4. The third kappa shape index (κ3) is 3.88. The van der Waals surface area contributed by atoms with E-state index in [9.17, 15) is 4.79 Å². The Hall–Kier alpha value is -2.77. The van der Waals surface area contributed by atoms with Gasteiger partial charge in [-0.15, -0.1) is 0 Å². The number of aromatic nitrogens is 2. The maximum absolute atomic E-state index is 12.0. The van der Waals surface area contributed by atoms with Gasteiger partial charge in [0.1, 0.15) is 12.1 Å². The van der Waals surface area contributed by atoms with Crippen LogP contribution in [-0.2, 0) is 0 Å². The molecule has 8 nitrogen and oxygen atoms in total. The third-order valence-corrected chi connectivity index (χ3v) is 6.14. The standard InChI is InChI=1S/C21H29N5O3/c1-24-10-11-26(21(24)27)9-6-15-4-7-25(8-5-15)20-16-12-18(28-2)19(29-3)13-17(16)22-14-23-20/h12-15H,4-11H2,1-3H3. The van der Waals surface area contributed by atoms with Gasteiger partial charge in [-0.05, 0) is 31.2 Å². The Labute approximate surface area is 171 Å². The number of piperidine rings is 1. The van der Waals surface area contributed by atoms with Crippen molar-refractivity contribution in [3.63, 3.8) is 0 Å². The summed E-state index contributed by atoms with van der Waals surface area (Å²) in [4.78, 5) is 27.1. The number of rotatable bonds is 6. The van der Waals surface area contributed by atoms with Crippen molar-refractivity contribution in [1.82, 2.24) is 19.8 Å². The van der Waals surface area contributed by atoms with Crippen molar-refractivity contribution in [3.8, 4) is 11.5 Å². The first-order valence-corrected chi connectivity index (χ1v) is 10.2. The summed E-state index contributed by atoms with van der Waals surface area (Å²) in [7, 11) is 5.14. The van der Waals surface area contributed by atoms with Crippen molar-refractivity contribution in [2.45, 2.75) is 19.3 Å². The first-order valence-electron chi connectivity index (χ1n) is 10.2. The summed E-state index contributed by atoms with van der Waals surface area (Å²) in [6.07, 6.45) is 4.90. The van der Waals surface area contributed by atoms with Crippen molar-refractivity contribution in [3.05, 3.63) is 18.5 Å². The van der Waals surface area contributed by atoms with E-state index in [2.05, 4.69) is 14.9 Å². The molecule has 0 aliphatic carbocycles. The second-order valence-corrected chi connectivity index (χ2v) is 7.83. The van der Waals surface area contributed by atoms with E-state index in [1.54, 1.807) is 25.4 Å². The summed E-state index contributed by atoms with van der Waals surface area (Å²) in [6, 6.07) is 4.03. The van der Waals surface area contributed by atoms with Crippen LogP contribution in [0.5, 0.6) is 11.5 Å². The van der Waals surface area contributed by atoms with Crippen LogP contribution in [0.3, 0.4) is 0 Å². The predicted molar refractivity (Wildman–Crippen MR) is 112 cm³/mol. The number of fused-ring (bicyclic) bond motifs is 1. The first-order chi connectivity index (χ1) is 14.1. The Balaban J connectivity index is 1.42. The Morgan fingerprint density at radius 1 is 1.03 bits per heavy atom. The van der Waals surface area contributed by atoms with Crippen LogP contribution < -0.4 is 14.4 Å². The fourth-order valence-corrected chi connectivity index (χ4v) is 4.30. The summed E-state index contributed by atoms with van der Waals surface area (Å²) in [6.45, 7) is 4.47. The van der Waals surface area contributed by atoms with E-state index in [0.717, 1.165) is 68.7 Å². The highest BCUT2D eigenvalue weighted by Gasteiger charge is 2.27. The topological polar surface area (TPSA) is 71.0 Å². The molecule has 1 aromatic heterocycles. The summed E-state index contributed by atoms with van der Waals surface area (Å²) >= 11 is 0. The van der Waals surface area contributed by atoms with Crippen LogP contribution in [0, 0.1) is 5.92 Å². The molecule has 29 heavy (non-hydrogen) atoms. The van der Waals surface area contributed by atoms with E-state index in [1.807, 2.05) is 24.1 Å². The minimum atomic E-state index is 0.166. The van der Waals surface area contributed by atoms with Gasteiger partial charge in [0.05, 0.1) is 19.7 Å². The molecule has 156 valence electrons. The lowest BCUT2D eigenvalue weighted by atomic mass is 9.93. The molecule has 0 N–H and O–H groups in total. The molecule has 2 amide bonds. The molecule has 2 fully saturated rings. The molecule has 0 radical (unpaired) electrons. The van der Waals surface area contributed by atoms with Crippen LogP contribution in [0.15, 0.2) is 18.5 Å². The molecule has 2 saturated heterocycles. The second kappa shape index (κ2) is 8.31. The normalized spacial score (nSPS) is 18.0. The Morgan fingerprint density at radius 3 is 2.41 bits per heavy atom. The van der Waals surface area contributed by atoms with Gasteiger partial charge in [0, 0.05) is 51.2 Å². The average molecular weight is 399 g/mol. The maximum atomic E-state index is 12.0. The Kier molecular flexibility index (Phi) is 5.60. The summed E-state index contributed by atoms with van der Waals surface area (Å²) < 4.78 is 10.9. The average Bonchev–Trinajstić information content (AvgIpc) is 3.08. The number of methoxy groups -OCH3 is 2. The lowest BCUT2D eigenvalue weighted by molar-refractivity contribution is 0.194. The second-order valence-electron chi connectivity index (χ2n) is 7.83. The summed E-state index contributed by atoms with van der Waals surface area (Å²) in [5.41, 5.74) is 0.853. The van der Waals surface area contributed by atoms with Gasteiger partial charge in [0.25, 0.3) is 0 Å². The van der Waals surface area contributed by atoms with Crippen molar-refractivity contribution in [1.29, 1.82) is 0 Å². The number of benzene rings is 1. The van der Waals surface area contributed by atoms with Gasteiger partial charge in [0.2, 0.25) is 0 Å². The van der Waals surface area contributed by atoms with Gasteiger partial charge < -0.3 is 24.2 Å². The van der Waals surface area contributed by atoms with Gasteiger partial charge in [-0.2, -0.15) is 0 Å². The van der Waals surface area contributed by atoms with Crippen molar-refractivity contribution in [2.75, 3.05) is 58.9 Å². The van der Waals surface area contributed by atoms with E-state index < -0.39 is 0 Å². The van der Waals surface area contributed by atoms with Crippen LogP contribution >= 0.6 is 0 Å². The van der Waals surface area contributed by atoms with Crippen LogP contribution in [0.25, 0.3) is 10.9 Å². The number of hydrogen-bond donors (Lipinski definition) is 0. The van der Waals surface area contributed by atoms with Gasteiger partial charge in [0.15, 0.2) is 11.5 Å².